The van der Waals surface area contributed by atoms with Crippen LogP contribution in [0.2, 0.25) is 0 Å². The van der Waals surface area contributed by atoms with Crippen molar-refractivity contribution in [2.24, 2.45) is 0 Å². The molecule has 0 spiro atoms. The van der Waals surface area contributed by atoms with Crippen LogP contribution in [-0.4, -0.2) is 6.54 Å². The third-order valence-electron chi connectivity index (χ3n) is 2.94. The number of anilines is 1. The van der Waals surface area contributed by atoms with Crippen LogP contribution < -0.4 is 5.32 Å². The highest BCUT2D eigenvalue weighted by Gasteiger charge is 2.02. The number of rotatable bonds is 8. The fourth-order valence-electron chi connectivity index (χ4n) is 1.86. The number of nitrogens with one attached hydrogen (secondary N) is 1. The normalized spacial score (nSPS) is 10.1. The molecule has 98 valence electrons. The Morgan fingerprint density at radius 2 is 1.89 bits per heavy atom. The molecule has 3 heteroatoms. The SMILES string of the molecule is CCCCCCCCNc1ccc(C#N)cc1F. The maximum atomic E-state index is 13.5. The summed E-state index contributed by atoms with van der Waals surface area (Å²) in [6, 6.07) is 6.45. The lowest BCUT2D eigenvalue weighted by molar-refractivity contribution is 0.611. The monoisotopic (exact) mass is 248 g/mol. The quantitative estimate of drug-likeness (QED) is 0.689. The molecule has 0 aromatic heterocycles. The molecule has 0 aliphatic carbocycles. The van der Waals surface area contributed by atoms with Gasteiger partial charge in [0.1, 0.15) is 5.82 Å². The molecule has 0 heterocycles. The van der Waals surface area contributed by atoms with E-state index in [0.29, 0.717) is 11.3 Å². The number of unbranched alkanes of at least 4 members (excludes halogenated alkanes) is 5. The smallest absolute Gasteiger partial charge is 0.147 e. The van der Waals surface area contributed by atoms with E-state index < -0.39 is 0 Å². The zero-order valence-corrected chi connectivity index (χ0v) is 11.0. The summed E-state index contributed by atoms with van der Waals surface area (Å²) >= 11 is 0. The fraction of sp³-hybridized carbons (Fsp3) is 0.533. The van der Waals surface area contributed by atoms with E-state index in [0.717, 1.165) is 13.0 Å². The second-order valence-corrected chi connectivity index (χ2v) is 4.50. The molecular weight excluding hydrogens is 227 g/mol. The molecule has 1 aromatic rings. The van der Waals surface area contributed by atoms with Crippen LogP contribution in [-0.2, 0) is 0 Å². The summed E-state index contributed by atoms with van der Waals surface area (Å²) in [5.41, 5.74) is 0.847. The van der Waals surface area contributed by atoms with Gasteiger partial charge in [-0.3, -0.25) is 0 Å². The zero-order valence-electron chi connectivity index (χ0n) is 11.0. The first-order valence-electron chi connectivity index (χ1n) is 6.71. The van der Waals surface area contributed by atoms with Crippen molar-refractivity contribution in [2.45, 2.75) is 45.4 Å². The molecule has 1 rings (SSSR count). The van der Waals surface area contributed by atoms with Crippen LogP contribution in [0.15, 0.2) is 18.2 Å². The van der Waals surface area contributed by atoms with Gasteiger partial charge < -0.3 is 5.32 Å². The minimum absolute atomic E-state index is 0.347. The Morgan fingerprint density at radius 1 is 1.17 bits per heavy atom. The zero-order chi connectivity index (χ0) is 13.2. The molecule has 2 nitrogen and oxygen atoms in total. The second kappa shape index (κ2) is 8.52. The molecule has 0 aliphatic heterocycles. The molecule has 18 heavy (non-hydrogen) atoms. The number of halogens is 1. The number of nitrogens with zero attached hydrogens (tertiary/aromatic N) is 1. The van der Waals surface area contributed by atoms with Gasteiger partial charge in [-0.15, -0.1) is 0 Å². The van der Waals surface area contributed by atoms with Crippen LogP contribution >= 0.6 is 0 Å². The largest absolute Gasteiger partial charge is 0.383 e. The number of hydrogen-bond donors (Lipinski definition) is 1. The lowest BCUT2D eigenvalue weighted by Crippen LogP contribution is -2.03. The summed E-state index contributed by atoms with van der Waals surface area (Å²) in [7, 11) is 0. The van der Waals surface area contributed by atoms with E-state index in [4.69, 9.17) is 5.26 Å². The van der Waals surface area contributed by atoms with Crippen molar-refractivity contribution in [1.29, 1.82) is 5.26 Å². The molecule has 0 bridgehead atoms. The van der Waals surface area contributed by atoms with Crippen molar-refractivity contribution in [3.8, 4) is 6.07 Å². The van der Waals surface area contributed by atoms with Gasteiger partial charge in [0.25, 0.3) is 0 Å². The van der Waals surface area contributed by atoms with Crippen molar-refractivity contribution in [3.05, 3.63) is 29.6 Å². The Labute approximate surface area is 109 Å². The summed E-state index contributed by atoms with van der Waals surface area (Å²) in [6.45, 7) is 2.99. The van der Waals surface area contributed by atoms with E-state index in [1.165, 1.54) is 38.2 Å². The average Bonchev–Trinajstić information content (AvgIpc) is 2.39. The third kappa shape index (κ3) is 5.18. The maximum Gasteiger partial charge on any atom is 0.147 e. The minimum atomic E-state index is -0.347. The highest BCUT2D eigenvalue weighted by Crippen LogP contribution is 2.15. The Balaban J connectivity index is 2.21. The summed E-state index contributed by atoms with van der Waals surface area (Å²) in [5.74, 6) is -0.347. The van der Waals surface area contributed by atoms with Crippen LogP contribution in [0, 0.1) is 17.1 Å². The average molecular weight is 248 g/mol. The molecule has 1 aromatic carbocycles. The van der Waals surface area contributed by atoms with Gasteiger partial charge in [0.15, 0.2) is 0 Å². The van der Waals surface area contributed by atoms with E-state index >= 15 is 0 Å². The van der Waals surface area contributed by atoms with Crippen molar-refractivity contribution in [2.75, 3.05) is 11.9 Å². The van der Waals surface area contributed by atoms with E-state index in [-0.39, 0.29) is 5.82 Å². The van der Waals surface area contributed by atoms with Crippen molar-refractivity contribution in [3.63, 3.8) is 0 Å². The summed E-state index contributed by atoms with van der Waals surface area (Å²) in [5, 5.41) is 11.7. The Hall–Kier alpha value is -1.56. The molecular formula is C15H21FN2. The number of nitriles is 1. The first kappa shape index (κ1) is 14.5. The van der Waals surface area contributed by atoms with Gasteiger partial charge in [-0.2, -0.15) is 5.26 Å². The van der Waals surface area contributed by atoms with Crippen LogP contribution in [0.4, 0.5) is 10.1 Å². The van der Waals surface area contributed by atoms with Gasteiger partial charge >= 0.3 is 0 Å². The standard InChI is InChI=1S/C15H21FN2/c1-2-3-4-5-6-7-10-18-15-9-8-13(12-17)11-14(15)16/h8-9,11,18H,2-7,10H2,1H3. The predicted molar refractivity (Wildman–Crippen MR) is 73.0 cm³/mol. The highest BCUT2D eigenvalue weighted by atomic mass is 19.1. The lowest BCUT2D eigenvalue weighted by atomic mass is 10.1. The Bertz CT molecular complexity index is 396. The van der Waals surface area contributed by atoms with Crippen molar-refractivity contribution < 1.29 is 4.39 Å². The van der Waals surface area contributed by atoms with Gasteiger partial charge in [0.2, 0.25) is 0 Å². The van der Waals surface area contributed by atoms with E-state index in [1.54, 1.807) is 12.1 Å². The van der Waals surface area contributed by atoms with Gasteiger partial charge in [-0.1, -0.05) is 39.0 Å². The Kier molecular flexibility index (Phi) is 6.86. The maximum absolute atomic E-state index is 13.5. The minimum Gasteiger partial charge on any atom is -0.383 e. The molecule has 0 saturated heterocycles. The molecule has 0 aliphatic rings. The number of hydrogen-bond acceptors (Lipinski definition) is 2. The van der Waals surface area contributed by atoms with Gasteiger partial charge in [-0.05, 0) is 24.6 Å². The van der Waals surface area contributed by atoms with Gasteiger partial charge in [0.05, 0.1) is 17.3 Å². The van der Waals surface area contributed by atoms with E-state index in [1.807, 2.05) is 6.07 Å². The van der Waals surface area contributed by atoms with Crippen LogP contribution in [0.5, 0.6) is 0 Å². The molecule has 0 saturated carbocycles. The molecule has 0 amide bonds. The fourth-order valence-corrected chi connectivity index (χ4v) is 1.86. The highest BCUT2D eigenvalue weighted by molar-refractivity contribution is 5.48. The molecule has 0 unspecified atom stereocenters. The first-order valence-corrected chi connectivity index (χ1v) is 6.71. The predicted octanol–water partition coefficient (Wildman–Crippen LogP) is 4.47. The number of benzene rings is 1. The summed E-state index contributed by atoms with van der Waals surface area (Å²) in [6.07, 6.45) is 7.35. The third-order valence-corrected chi connectivity index (χ3v) is 2.94. The van der Waals surface area contributed by atoms with Crippen LogP contribution in [0.1, 0.15) is 51.0 Å². The summed E-state index contributed by atoms with van der Waals surface area (Å²) < 4.78 is 13.5. The lowest BCUT2D eigenvalue weighted by Gasteiger charge is -2.07. The van der Waals surface area contributed by atoms with E-state index in [9.17, 15) is 4.39 Å². The molecule has 1 N–H and O–H groups in total. The van der Waals surface area contributed by atoms with Gasteiger partial charge in [0, 0.05) is 6.54 Å². The van der Waals surface area contributed by atoms with Crippen LogP contribution in [0.25, 0.3) is 0 Å². The molecule has 0 fully saturated rings. The van der Waals surface area contributed by atoms with Crippen molar-refractivity contribution >= 4 is 5.69 Å². The topological polar surface area (TPSA) is 35.8 Å². The van der Waals surface area contributed by atoms with E-state index in [2.05, 4.69) is 12.2 Å². The molecule has 0 radical (unpaired) electrons. The molecule has 0 atom stereocenters. The van der Waals surface area contributed by atoms with Crippen molar-refractivity contribution in [1.82, 2.24) is 0 Å². The first-order chi connectivity index (χ1) is 8.77. The Morgan fingerprint density at radius 3 is 2.56 bits per heavy atom. The van der Waals surface area contributed by atoms with Crippen LogP contribution in [0.3, 0.4) is 0 Å². The van der Waals surface area contributed by atoms with Gasteiger partial charge in [-0.25, -0.2) is 4.39 Å². The second-order valence-electron chi connectivity index (χ2n) is 4.50. The summed E-state index contributed by atoms with van der Waals surface area (Å²) in [4.78, 5) is 0.